The van der Waals surface area contributed by atoms with E-state index in [0.717, 1.165) is 21.8 Å². The number of urea groups is 1. The third kappa shape index (κ3) is 3.67. The van der Waals surface area contributed by atoms with Crippen LogP contribution >= 0.6 is 0 Å². The molecule has 2 aromatic carbocycles. The highest BCUT2D eigenvalue weighted by molar-refractivity contribution is 6.06. The highest BCUT2D eigenvalue weighted by Crippen LogP contribution is 2.20. The van der Waals surface area contributed by atoms with Crippen LogP contribution in [-0.4, -0.2) is 39.1 Å². The topological polar surface area (TPSA) is 96.3 Å². The first-order valence-electron chi connectivity index (χ1n) is 9.54. The summed E-state index contributed by atoms with van der Waals surface area (Å²) in [6, 6.07) is 16.3. The van der Waals surface area contributed by atoms with Crippen LogP contribution in [0.4, 0.5) is 10.5 Å². The van der Waals surface area contributed by atoms with Crippen LogP contribution in [0.1, 0.15) is 27.3 Å². The first-order valence-corrected chi connectivity index (χ1v) is 9.54. The minimum absolute atomic E-state index is 0.0131. The lowest BCUT2D eigenvalue weighted by atomic mass is 10.1. The predicted molar refractivity (Wildman–Crippen MR) is 111 cm³/mol. The number of hydrogen-bond acceptors (Lipinski definition) is 4. The molecule has 1 saturated heterocycles. The molecule has 4 amide bonds. The normalized spacial score (nSPS) is 13.5. The Morgan fingerprint density at radius 1 is 1.10 bits per heavy atom. The van der Waals surface area contributed by atoms with Gasteiger partial charge in [0, 0.05) is 5.69 Å². The smallest absolute Gasteiger partial charge is 0.324 e. The Bertz CT molecular complexity index is 1120. The third-order valence-corrected chi connectivity index (χ3v) is 4.98. The Labute approximate surface area is 173 Å². The standard InChI is InChI=1S/C22H21N5O3/c1-14-20(15(2)27(25-14)18-9-4-3-5-10-18)21(29)24-17-8-6-7-16(11-17)13-26-19(28)12-23-22(26)30/h3-11H,12-13H2,1-2H3,(H,23,30)(H,24,29). The Balaban J connectivity index is 1.54. The number of rotatable bonds is 5. The number of amides is 4. The maximum atomic E-state index is 13.0. The van der Waals surface area contributed by atoms with Crippen molar-refractivity contribution in [1.82, 2.24) is 20.0 Å². The summed E-state index contributed by atoms with van der Waals surface area (Å²) < 4.78 is 1.75. The Kier molecular flexibility index (Phi) is 5.05. The lowest BCUT2D eigenvalue weighted by molar-refractivity contribution is -0.125. The molecule has 4 rings (SSSR count). The van der Waals surface area contributed by atoms with Crippen molar-refractivity contribution in [3.63, 3.8) is 0 Å². The van der Waals surface area contributed by atoms with Crippen LogP contribution < -0.4 is 10.6 Å². The molecule has 0 spiro atoms. The van der Waals surface area contributed by atoms with Gasteiger partial charge in [0.25, 0.3) is 5.91 Å². The predicted octanol–water partition coefficient (Wildman–Crippen LogP) is 2.79. The summed E-state index contributed by atoms with van der Waals surface area (Å²) in [4.78, 5) is 37.7. The van der Waals surface area contributed by atoms with Crippen molar-refractivity contribution in [3.05, 3.63) is 77.1 Å². The van der Waals surface area contributed by atoms with Gasteiger partial charge in [-0.2, -0.15) is 5.10 Å². The number of benzene rings is 2. The molecule has 1 aliphatic rings. The summed E-state index contributed by atoms with van der Waals surface area (Å²) in [6.07, 6.45) is 0. The molecule has 2 N–H and O–H groups in total. The van der Waals surface area contributed by atoms with Gasteiger partial charge in [0.1, 0.15) is 0 Å². The maximum absolute atomic E-state index is 13.0. The number of carbonyl (C=O) groups is 3. The van der Waals surface area contributed by atoms with Crippen LogP contribution in [0.2, 0.25) is 0 Å². The highest BCUT2D eigenvalue weighted by Gasteiger charge is 2.28. The summed E-state index contributed by atoms with van der Waals surface area (Å²) in [5, 5.41) is 9.90. The molecule has 0 unspecified atom stereocenters. The van der Waals surface area contributed by atoms with Gasteiger partial charge in [-0.05, 0) is 43.7 Å². The highest BCUT2D eigenvalue weighted by atomic mass is 16.2. The number of nitrogens with one attached hydrogen (secondary N) is 2. The van der Waals surface area contributed by atoms with E-state index in [9.17, 15) is 14.4 Å². The van der Waals surface area contributed by atoms with Gasteiger partial charge in [0.15, 0.2) is 0 Å². The van der Waals surface area contributed by atoms with Crippen molar-refractivity contribution in [1.29, 1.82) is 0 Å². The third-order valence-electron chi connectivity index (χ3n) is 4.98. The molecule has 8 heteroatoms. The molecule has 8 nitrogen and oxygen atoms in total. The summed E-state index contributed by atoms with van der Waals surface area (Å²) >= 11 is 0. The zero-order valence-corrected chi connectivity index (χ0v) is 16.7. The number of aromatic nitrogens is 2. The Hall–Kier alpha value is -3.94. The molecule has 0 bridgehead atoms. The molecule has 0 atom stereocenters. The van der Waals surface area contributed by atoms with E-state index in [2.05, 4.69) is 15.7 Å². The van der Waals surface area contributed by atoms with Crippen LogP contribution in [0.25, 0.3) is 5.69 Å². The fraction of sp³-hybridized carbons (Fsp3) is 0.182. The molecule has 0 radical (unpaired) electrons. The second-order valence-corrected chi connectivity index (χ2v) is 7.09. The van der Waals surface area contributed by atoms with E-state index in [-0.39, 0.29) is 24.9 Å². The van der Waals surface area contributed by atoms with Gasteiger partial charge >= 0.3 is 6.03 Å². The van der Waals surface area contributed by atoms with Gasteiger partial charge in [-0.15, -0.1) is 0 Å². The van der Waals surface area contributed by atoms with Crippen molar-refractivity contribution in [2.24, 2.45) is 0 Å². The monoisotopic (exact) mass is 403 g/mol. The zero-order chi connectivity index (χ0) is 21.3. The zero-order valence-electron chi connectivity index (χ0n) is 16.7. The van der Waals surface area contributed by atoms with Crippen molar-refractivity contribution in [3.8, 4) is 5.69 Å². The minimum atomic E-state index is -0.408. The van der Waals surface area contributed by atoms with E-state index in [4.69, 9.17) is 0 Å². The van der Waals surface area contributed by atoms with Crippen molar-refractivity contribution >= 4 is 23.5 Å². The maximum Gasteiger partial charge on any atom is 0.324 e. The van der Waals surface area contributed by atoms with E-state index in [1.807, 2.05) is 37.3 Å². The molecule has 0 saturated carbocycles. The fourth-order valence-electron chi connectivity index (χ4n) is 3.53. The van der Waals surface area contributed by atoms with Crippen LogP contribution in [-0.2, 0) is 11.3 Å². The van der Waals surface area contributed by atoms with Crippen LogP contribution in [0.15, 0.2) is 54.6 Å². The lowest BCUT2D eigenvalue weighted by Gasteiger charge is -2.13. The largest absolute Gasteiger partial charge is 0.329 e. The number of hydrogen-bond donors (Lipinski definition) is 2. The summed E-state index contributed by atoms with van der Waals surface area (Å²) in [5.41, 5.74) is 4.09. The van der Waals surface area contributed by atoms with E-state index in [1.165, 1.54) is 0 Å². The van der Waals surface area contributed by atoms with E-state index >= 15 is 0 Å². The number of imide groups is 1. The molecule has 152 valence electrons. The average molecular weight is 403 g/mol. The number of aryl methyl sites for hydroxylation is 1. The Morgan fingerprint density at radius 2 is 1.87 bits per heavy atom. The molecule has 30 heavy (non-hydrogen) atoms. The number of carbonyl (C=O) groups excluding carboxylic acids is 3. The van der Waals surface area contributed by atoms with Crippen molar-refractivity contribution in [2.75, 3.05) is 11.9 Å². The molecule has 1 aliphatic heterocycles. The number of anilines is 1. The van der Waals surface area contributed by atoms with Gasteiger partial charge in [-0.25, -0.2) is 9.48 Å². The van der Waals surface area contributed by atoms with Gasteiger partial charge in [-0.3, -0.25) is 14.5 Å². The summed E-state index contributed by atoms with van der Waals surface area (Å²) in [5.74, 6) is -0.534. The van der Waals surface area contributed by atoms with Gasteiger partial charge in [0.2, 0.25) is 5.91 Å². The van der Waals surface area contributed by atoms with Crippen molar-refractivity contribution in [2.45, 2.75) is 20.4 Å². The van der Waals surface area contributed by atoms with E-state index in [0.29, 0.717) is 16.9 Å². The molecule has 1 aromatic heterocycles. The number of nitrogens with zero attached hydrogens (tertiary/aromatic N) is 3. The summed E-state index contributed by atoms with van der Waals surface area (Å²) in [6.45, 7) is 3.82. The first-order chi connectivity index (χ1) is 14.4. The lowest BCUT2D eigenvalue weighted by Crippen LogP contribution is -2.30. The van der Waals surface area contributed by atoms with Crippen LogP contribution in [0, 0.1) is 13.8 Å². The second kappa shape index (κ2) is 7.82. The van der Waals surface area contributed by atoms with Crippen LogP contribution in [0.3, 0.4) is 0 Å². The SMILES string of the molecule is Cc1nn(-c2ccccc2)c(C)c1C(=O)Nc1cccc(CN2C(=O)CNC2=O)c1. The molecule has 2 heterocycles. The van der Waals surface area contributed by atoms with Gasteiger partial charge in [-0.1, -0.05) is 30.3 Å². The molecule has 3 aromatic rings. The van der Waals surface area contributed by atoms with Gasteiger partial charge in [0.05, 0.1) is 35.7 Å². The minimum Gasteiger partial charge on any atom is -0.329 e. The molecule has 1 fully saturated rings. The van der Waals surface area contributed by atoms with Gasteiger partial charge < -0.3 is 10.6 Å². The average Bonchev–Trinajstić information content (AvgIpc) is 3.21. The molecular weight excluding hydrogens is 382 g/mol. The van der Waals surface area contributed by atoms with E-state index < -0.39 is 6.03 Å². The van der Waals surface area contributed by atoms with Crippen molar-refractivity contribution < 1.29 is 14.4 Å². The summed E-state index contributed by atoms with van der Waals surface area (Å²) in [7, 11) is 0. The Morgan fingerprint density at radius 3 is 2.57 bits per heavy atom. The number of para-hydroxylation sites is 1. The second-order valence-electron chi connectivity index (χ2n) is 7.09. The fourth-order valence-corrected chi connectivity index (χ4v) is 3.53. The quantitative estimate of drug-likeness (QED) is 0.640. The van der Waals surface area contributed by atoms with Crippen LogP contribution in [0.5, 0.6) is 0 Å². The van der Waals surface area contributed by atoms with E-state index in [1.54, 1.807) is 35.9 Å². The molecular formula is C22H21N5O3. The molecule has 0 aliphatic carbocycles. The first kappa shape index (κ1) is 19.4.